The van der Waals surface area contributed by atoms with E-state index in [9.17, 15) is 4.79 Å². The van der Waals surface area contributed by atoms with Crippen molar-refractivity contribution in [3.63, 3.8) is 0 Å². The molecule has 0 aliphatic heterocycles. The molecule has 0 fully saturated rings. The average Bonchev–Trinajstić information content (AvgIpc) is 3.36. The van der Waals surface area contributed by atoms with Crippen LogP contribution >= 0.6 is 22.7 Å². The van der Waals surface area contributed by atoms with Crippen LogP contribution in [0.3, 0.4) is 0 Å². The molecule has 4 aromatic rings. The van der Waals surface area contributed by atoms with Gasteiger partial charge < -0.3 is 9.47 Å². The number of carbonyl (C=O) groups is 1. The minimum atomic E-state index is 0.0820. The first-order chi connectivity index (χ1) is 12.2. The van der Waals surface area contributed by atoms with Crippen LogP contribution in [0, 0.1) is 0 Å². The van der Waals surface area contributed by atoms with Crippen molar-refractivity contribution in [1.82, 2.24) is 9.47 Å². The third-order valence-electron chi connectivity index (χ3n) is 4.27. The van der Waals surface area contributed by atoms with Gasteiger partial charge in [0.05, 0.1) is 18.7 Å². The van der Waals surface area contributed by atoms with Crippen molar-refractivity contribution in [2.45, 2.75) is 13.1 Å². The summed E-state index contributed by atoms with van der Waals surface area (Å²) in [5, 5.41) is 5.12. The van der Waals surface area contributed by atoms with Gasteiger partial charge in [-0.15, -0.1) is 22.7 Å². The summed E-state index contributed by atoms with van der Waals surface area (Å²) in [5.74, 6) is 0.0820. The molecule has 0 bridgehead atoms. The predicted octanol–water partition coefficient (Wildman–Crippen LogP) is 5.14. The number of rotatable bonds is 5. The van der Waals surface area contributed by atoms with Gasteiger partial charge in [0, 0.05) is 33.9 Å². The van der Waals surface area contributed by atoms with Crippen LogP contribution in [0.15, 0.2) is 65.5 Å². The second-order valence-corrected chi connectivity index (χ2v) is 8.06. The molecular weight excluding hydrogens is 348 g/mol. The minimum absolute atomic E-state index is 0.0820. The molecule has 25 heavy (non-hydrogen) atoms. The fourth-order valence-electron chi connectivity index (χ4n) is 3.06. The smallest absolute Gasteiger partial charge is 0.256 e. The van der Waals surface area contributed by atoms with Crippen molar-refractivity contribution in [1.29, 1.82) is 0 Å². The van der Waals surface area contributed by atoms with Crippen molar-refractivity contribution in [2.24, 2.45) is 7.05 Å². The summed E-state index contributed by atoms with van der Waals surface area (Å²) >= 11 is 3.38. The fourth-order valence-corrected chi connectivity index (χ4v) is 4.50. The third-order valence-corrected chi connectivity index (χ3v) is 5.99. The highest BCUT2D eigenvalue weighted by atomic mass is 32.1. The van der Waals surface area contributed by atoms with Crippen molar-refractivity contribution < 1.29 is 4.79 Å². The molecule has 0 radical (unpaired) electrons. The summed E-state index contributed by atoms with van der Waals surface area (Å²) < 4.78 is 2.02. The topological polar surface area (TPSA) is 25.2 Å². The van der Waals surface area contributed by atoms with Crippen LogP contribution in [-0.2, 0) is 20.1 Å². The molecule has 0 unspecified atom stereocenters. The number of aromatic nitrogens is 1. The highest BCUT2D eigenvalue weighted by molar-refractivity contribution is 7.10. The molecule has 3 aromatic heterocycles. The summed E-state index contributed by atoms with van der Waals surface area (Å²) in [6.45, 7) is 1.27. The van der Waals surface area contributed by atoms with Gasteiger partial charge in [-0.25, -0.2) is 0 Å². The van der Waals surface area contributed by atoms with E-state index in [0.29, 0.717) is 13.1 Å². The lowest BCUT2D eigenvalue weighted by molar-refractivity contribution is 0.0735. The molecule has 1 aromatic carbocycles. The van der Waals surface area contributed by atoms with Gasteiger partial charge in [-0.3, -0.25) is 4.79 Å². The summed E-state index contributed by atoms with van der Waals surface area (Å²) in [7, 11) is 1.99. The molecule has 0 saturated carbocycles. The van der Waals surface area contributed by atoms with Gasteiger partial charge in [-0.2, -0.15) is 0 Å². The lowest BCUT2D eigenvalue weighted by Crippen LogP contribution is -2.29. The summed E-state index contributed by atoms with van der Waals surface area (Å²) in [6.07, 6.45) is 1.95. The Morgan fingerprint density at radius 3 is 2.20 bits per heavy atom. The zero-order chi connectivity index (χ0) is 17.2. The Bertz CT molecular complexity index is 948. The van der Waals surface area contributed by atoms with Crippen LogP contribution in [0.1, 0.15) is 20.1 Å². The quantitative estimate of drug-likeness (QED) is 0.480. The second kappa shape index (κ2) is 6.86. The van der Waals surface area contributed by atoms with Crippen molar-refractivity contribution >= 4 is 39.5 Å². The Hall–Kier alpha value is -2.37. The van der Waals surface area contributed by atoms with E-state index in [1.807, 2.05) is 53.0 Å². The molecule has 0 aliphatic rings. The number of thiophene rings is 2. The van der Waals surface area contributed by atoms with Gasteiger partial charge in [0.15, 0.2) is 0 Å². The third kappa shape index (κ3) is 3.25. The predicted molar refractivity (Wildman–Crippen MR) is 105 cm³/mol. The number of benzene rings is 1. The van der Waals surface area contributed by atoms with Gasteiger partial charge in [-0.1, -0.05) is 30.3 Å². The van der Waals surface area contributed by atoms with Gasteiger partial charge >= 0.3 is 0 Å². The van der Waals surface area contributed by atoms with E-state index in [0.717, 1.165) is 16.5 Å². The zero-order valence-corrected chi connectivity index (χ0v) is 15.5. The van der Waals surface area contributed by atoms with Crippen LogP contribution in [0.2, 0.25) is 0 Å². The van der Waals surface area contributed by atoms with Crippen LogP contribution in [0.25, 0.3) is 10.9 Å². The highest BCUT2D eigenvalue weighted by Crippen LogP contribution is 2.25. The van der Waals surface area contributed by atoms with E-state index in [4.69, 9.17) is 0 Å². The average molecular weight is 367 g/mol. The number of fused-ring (bicyclic) bond motifs is 1. The number of para-hydroxylation sites is 1. The first-order valence-corrected chi connectivity index (χ1v) is 9.86. The lowest BCUT2D eigenvalue weighted by atomic mass is 10.1. The molecule has 5 heteroatoms. The van der Waals surface area contributed by atoms with E-state index in [2.05, 4.69) is 29.0 Å². The number of carbonyl (C=O) groups excluding carboxylic acids is 1. The van der Waals surface area contributed by atoms with Gasteiger partial charge in [0.25, 0.3) is 5.91 Å². The maximum atomic E-state index is 13.3. The zero-order valence-electron chi connectivity index (χ0n) is 13.9. The molecule has 0 aliphatic carbocycles. The van der Waals surface area contributed by atoms with Crippen LogP contribution in [-0.4, -0.2) is 15.4 Å². The molecule has 0 spiro atoms. The molecule has 126 valence electrons. The van der Waals surface area contributed by atoms with Gasteiger partial charge in [0.1, 0.15) is 0 Å². The number of aryl methyl sites for hydroxylation is 1. The van der Waals surface area contributed by atoms with Crippen LogP contribution < -0.4 is 0 Å². The van der Waals surface area contributed by atoms with Gasteiger partial charge in [-0.05, 0) is 29.0 Å². The number of hydrogen-bond donors (Lipinski definition) is 0. The maximum absolute atomic E-state index is 13.3. The molecule has 3 heterocycles. The largest absolute Gasteiger partial charge is 0.350 e. The van der Waals surface area contributed by atoms with Crippen LogP contribution in [0.5, 0.6) is 0 Å². The van der Waals surface area contributed by atoms with Crippen molar-refractivity contribution in [2.75, 3.05) is 0 Å². The molecule has 0 N–H and O–H groups in total. The Balaban J connectivity index is 1.70. The Morgan fingerprint density at radius 1 is 0.960 bits per heavy atom. The Morgan fingerprint density at radius 2 is 1.60 bits per heavy atom. The fraction of sp³-hybridized carbons (Fsp3) is 0.150. The Labute approximate surface area is 154 Å². The molecule has 0 saturated heterocycles. The molecule has 4 rings (SSSR count). The minimum Gasteiger partial charge on any atom is -0.350 e. The number of nitrogens with zero attached hydrogens (tertiary/aromatic N) is 2. The summed E-state index contributed by atoms with van der Waals surface area (Å²) in [5.41, 5.74) is 1.85. The molecule has 0 atom stereocenters. The van der Waals surface area contributed by atoms with E-state index in [1.165, 1.54) is 9.75 Å². The lowest BCUT2D eigenvalue weighted by Gasteiger charge is -2.21. The monoisotopic (exact) mass is 366 g/mol. The maximum Gasteiger partial charge on any atom is 0.256 e. The van der Waals surface area contributed by atoms with Crippen LogP contribution in [0.4, 0.5) is 0 Å². The normalized spacial score (nSPS) is 11.1. The van der Waals surface area contributed by atoms with Crippen molar-refractivity contribution in [3.8, 4) is 0 Å². The summed E-state index contributed by atoms with van der Waals surface area (Å²) in [6, 6.07) is 16.3. The standard InChI is InChI=1S/C20H18N2OS2/c1-21-14-18(17-8-2-3-9-19(17)21)20(23)22(12-15-6-4-10-24-15)13-16-7-5-11-25-16/h2-11,14H,12-13H2,1H3. The SMILES string of the molecule is Cn1cc(C(=O)N(Cc2cccs2)Cc2cccs2)c2ccccc21. The summed E-state index contributed by atoms with van der Waals surface area (Å²) in [4.78, 5) is 17.7. The van der Waals surface area contributed by atoms with Gasteiger partial charge in [0.2, 0.25) is 0 Å². The van der Waals surface area contributed by atoms with E-state index in [-0.39, 0.29) is 5.91 Å². The Kier molecular flexibility index (Phi) is 4.42. The highest BCUT2D eigenvalue weighted by Gasteiger charge is 2.21. The number of hydrogen-bond acceptors (Lipinski definition) is 3. The van der Waals surface area contributed by atoms with E-state index in [1.54, 1.807) is 22.7 Å². The molecular formula is C20H18N2OS2. The second-order valence-electron chi connectivity index (χ2n) is 5.99. The first-order valence-electron chi connectivity index (χ1n) is 8.10. The van der Waals surface area contributed by atoms with E-state index < -0.39 is 0 Å². The number of amides is 1. The van der Waals surface area contributed by atoms with Crippen molar-refractivity contribution in [3.05, 3.63) is 80.8 Å². The first kappa shape index (κ1) is 16.1. The molecule has 1 amide bonds. The van der Waals surface area contributed by atoms with E-state index >= 15 is 0 Å². The molecule has 3 nitrogen and oxygen atoms in total.